The first-order valence-electron chi connectivity index (χ1n) is 38.0. The summed E-state index contributed by atoms with van der Waals surface area (Å²) in [6.07, 6.45) is 3.60. The van der Waals surface area contributed by atoms with Crippen molar-refractivity contribution in [2.45, 2.75) is 88.3 Å². The van der Waals surface area contributed by atoms with Crippen LogP contribution in [0, 0.1) is 0 Å². The minimum Gasteiger partial charge on any atom is -0.302 e. The first kappa shape index (κ1) is 85.6. The minimum atomic E-state index is -1.29. The van der Waals surface area contributed by atoms with E-state index >= 15 is 0 Å². The van der Waals surface area contributed by atoms with Crippen molar-refractivity contribution < 1.29 is 27.3 Å². The van der Waals surface area contributed by atoms with Gasteiger partial charge in [-0.2, -0.15) is 4.40 Å². The van der Waals surface area contributed by atoms with Gasteiger partial charge in [0.1, 0.15) is 11.0 Å². The molecule has 14 rings (SSSR count). The van der Waals surface area contributed by atoms with Crippen LogP contribution in [-0.4, -0.2) is 41.8 Å². The molecule has 0 aromatic heterocycles. The van der Waals surface area contributed by atoms with E-state index in [2.05, 4.69) is 287 Å². The average Bonchev–Trinajstić information content (AvgIpc) is 0.802. The van der Waals surface area contributed by atoms with Crippen molar-refractivity contribution in [2.75, 3.05) is 0 Å². The maximum absolute atomic E-state index is 13.4. The molecule has 0 aliphatic heterocycles. The van der Waals surface area contributed by atoms with Gasteiger partial charge in [-0.25, -0.2) is 13.1 Å². The second kappa shape index (κ2) is 46.4. The Bertz CT molecular complexity index is 4950. The normalized spacial score (nSPS) is 12.1. The predicted molar refractivity (Wildman–Crippen MR) is 475 cm³/mol. The Kier molecular flexibility index (Phi) is 35.2. The number of hydrogen-bond acceptors (Lipinski definition) is 6. The Morgan fingerprint density at radius 3 is 1.00 bits per heavy atom. The molecule has 0 aliphatic rings. The van der Waals surface area contributed by atoms with Gasteiger partial charge in [0, 0.05) is 41.2 Å². The van der Waals surface area contributed by atoms with Gasteiger partial charge in [0.25, 0.3) is 0 Å². The molecular formula is C102H100LiN6O2S2+. The molecule has 0 spiro atoms. The van der Waals surface area contributed by atoms with Crippen LogP contribution in [0.15, 0.2) is 444 Å². The molecule has 0 bridgehead atoms. The maximum atomic E-state index is 13.4. The van der Waals surface area contributed by atoms with E-state index in [4.69, 9.17) is 15.0 Å². The number of nitrogens with zero attached hydrogens (tertiary/aromatic N) is 4. The van der Waals surface area contributed by atoms with E-state index in [0.717, 1.165) is 62.5 Å². The van der Waals surface area contributed by atoms with Gasteiger partial charge < -0.3 is 5.32 Å². The predicted octanol–water partition coefficient (Wildman–Crippen LogP) is 20.8. The summed E-state index contributed by atoms with van der Waals surface area (Å²) >= 11 is 0. The number of hydrogen-bond donors (Lipinski definition) is 2. The third-order valence-corrected chi connectivity index (χ3v) is 20.7. The molecule has 0 aliphatic carbocycles. The Morgan fingerprint density at radius 1 is 0.336 bits per heavy atom. The molecule has 4 atom stereocenters. The van der Waals surface area contributed by atoms with Gasteiger partial charge >= 0.3 is 18.9 Å². The van der Waals surface area contributed by atoms with E-state index in [9.17, 15) is 8.42 Å². The Balaban J connectivity index is 0.000000167. The quantitative estimate of drug-likeness (QED) is 0.0492. The first-order chi connectivity index (χ1) is 54.7. The van der Waals surface area contributed by atoms with E-state index in [1.165, 1.54) is 33.4 Å². The van der Waals surface area contributed by atoms with E-state index in [0.29, 0.717) is 6.54 Å². The Hall–Kier alpha value is -11.4. The van der Waals surface area contributed by atoms with Gasteiger partial charge in [0.05, 0.1) is 62.6 Å². The molecule has 0 unspecified atom stereocenters. The van der Waals surface area contributed by atoms with Crippen LogP contribution in [0.25, 0.3) is 0 Å². The molecule has 14 aromatic rings. The van der Waals surface area contributed by atoms with Crippen LogP contribution in [0.4, 0.5) is 0 Å². The van der Waals surface area contributed by atoms with Crippen molar-refractivity contribution in [1.82, 2.24) is 10.0 Å². The topological polar surface area (TPSA) is 108 Å². The smallest absolute Gasteiger partial charge is 0.302 e. The van der Waals surface area contributed by atoms with Crippen LogP contribution in [-0.2, 0) is 35.1 Å². The van der Waals surface area contributed by atoms with Gasteiger partial charge in [-0.3, -0.25) is 15.0 Å². The van der Waals surface area contributed by atoms with Crippen LogP contribution in [0.5, 0.6) is 0 Å². The summed E-state index contributed by atoms with van der Waals surface area (Å²) < 4.78 is 31.7. The molecule has 0 saturated carbocycles. The molecule has 113 heavy (non-hydrogen) atoms. The zero-order valence-electron chi connectivity index (χ0n) is 65.7. The van der Waals surface area contributed by atoms with E-state index < -0.39 is 26.7 Å². The minimum absolute atomic E-state index is 0. The second-order valence-corrected chi connectivity index (χ2v) is 32.3. The maximum Gasteiger partial charge on any atom is 1.00 e. The van der Waals surface area contributed by atoms with Crippen LogP contribution in [0.1, 0.15) is 144 Å². The molecule has 11 heteroatoms. The summed E-state index contributed by atoms with van der Waals surface area (Å²) in [7, 11) is -2.45. The Morgan fingerprint density at radius 2 is 0.637 bits per heavy atom. The van der Waals surface area contributed by atoms with Crippen LogP contribution < -0.4 is 28.9 Å². The summed E-state index contributed by atoms with van der Waals surface area (Å²) in [5, 5.41) is 3.67. The van der Waals surface area contributed by atoms with Gasteiger partial charge in [0.2, 0.25) is 0 Å². The van der Waals surface area contributed by atoms with Crippen LogP contribution in [0.3, 0.4) is 0 Å². The van der Waals surface area contributed by atoms with Crippen LogP contribution >= 0.6 is 0 Å². The summed E-state index contributed by atoms with van der Waals surface area (Å²) in [5.41, 5.74) is 18.1. The fraction of sp³-hybridized carbons (Fsp3) is 0.137. The fourth-order valence-corrected chi connectivity index (χ4v) is 13.3. The number of aliphatic imine (C=N–C) groups is 3. The molecule has 2 N–H and O–H groups in total. The van der Waals surface area contributed by atoms with Gasteiger partial charge in [-0.15, -0.1) is 0 Å². The fourth-order valence-electron chi connectivity index (χ4n) is 11.9. The van der Waals surface area contributed by atoms with Crippen molar-refractivity contribution in [3.63, 3.8) is 0 Å². The van der Waals surface area contributed by atoms with Crippen LogP contribution in [0.2, 0.25) is 0 Å². The standard InChI is InChI=1S/C31H32N2OS.C20H19N.2C20H17N.C11H15NOS.Li/c1-31(2,3)35(34)33-30(27-22-14-7-15-23-27)29(26-20-12-6-13-21-26)32-28(24-16-8-4-9-17-24)25-18-10-5-11-19-25;3*1-4-10-17(11-5-1)16-21-20(18-12-6-2-7-13-18)19-14-8-3-9-15-19;1-11(2,3)14(13)12-9-10-7-5-4-6-8-10;/h4-23,29-30,33H,1-3H3;1-15,20-21H,16H2;1-15H,16H2;1-16,20H;4-9H,1-3H3;/q;;;;;+1/t29-,30+,35+;;;;14-;/m0...1./s1. The molecule has 0 radical (unpaired) electrons. The molecule has 0 fully saturated rings. The molecule has 562 valence electrons. The zero-order chi connectivity index (χ0) is 78.3. The largest absolute Gasteiger partial charge is 1.00 e. The van der Waals surface area contributed by atoms with Gasteiger partial charge in [0.15, 0.2) is 0 Å². The Labute approximate surface area is 688 Å². The van der Waals surface area contributed by atoms with Gasteiger partial charge in [-0.1, -0.05) is 425 Å². The first-order valence-corrected chi connectivity index (χ1v) is 40.2. The molecule has 0 heterocycles. The third-order valence-electron chi connectivity index (χ3n) is 17.8. The van der Waals surface area contributed by atoms with E-state index in [1.54, 1.807) is 6.21 Å². The monoisotopic (exact) mass is 1510 g/mol. The summed E-state index contributed by atoms with van der Waals surface area (Å²) in [5.74, 6) is 0. The van der Waals surface area contributed by atoms with Crippen molar-refractivity contribution >= 4 is 45.8 Å². The van der Waals surface area contributed by atoms with Crippen molar-refractivity contribution in [2.24, 2.45) is 19.4 Å². The third kappa shape index (κ3) is 28.7. The zero-order valence-corrected chi connectivity index (χ0v) is 67.3. The summed E-state index contributed by atoms with van der Waals surface area (Å²) in [4.78, 5) is 15.1. The molecule has 0 saturated heterocycles. The second-order valence-electron chi connectivity index (χ2n) is 28.4. The molecule has 14 aromatic carbocycles. The van der Waals surface area contributed by atoms with Crippen molar-refractivity contribution in [3.8, 4) is 0 Å². The average molecular weight is 1510 g/mol. The van der Waals surface area contributed by atoms with Crippen molar-refractivity contribution in [3.05, 3.63) is 503 Å². The van der Waals surface area contributed by atoms with Crippen molar-refractivity contribution in [1.29, 1.82) is 0 Å². The van der Waals surface area contributed by atoms with E-state index in [1.807, 2.05) is 199 Å². The number of benzene rings is 14. The SMILES string of the molecule is C(=NC(c1ccccc1)c1ccccc1)c1ccccc1.CC(C)(C)[S@@](=O)N=Cc1ccccc1.CC(C)(C)[S@@](=O)N[C@H](c1ccccc1)[C@@H](N=C(c1ccccc1)c1ccccc1)c1ccccc1.[Li+].c1ccc(CN=C(c2ccccc2)c2ccccc2)cc1.c1ccc(CNC(c2ccccc2)c2ccccc2)cc1. The molecule has 0 amide bonds. The van der Waals surface area contributed by atoms with E-state index in [-0.39, 0.29) is 47.8 Å². The number of rotatable bonds is 23. The number of nitrogens with one attached hydrogen (secondary N) is 2. The van der Waals surface area contributed by atoms with Gasteiger partial charge in [-0.05, 0) is 97.2 Å². The summed E-state index contributed by atoms with van der Waals surface area (Å²) in [6, 6.07) is 144. The molecule has 8 nitrogen and oxygen atoms in total. The molecular weight excluding hydrogens is 1410 g/mol. The summed E-state index contributed by atoms with van der Waals surface area (Å²) in [6.45, 7) is 13.2.